The fraction of sp³-hybridized carbons (Fsp3) is 0.429. The normalized spacial score (nSPS) is 15.1. The van der Waals surface area contributed by atoms with Gasteiger partial charge in [-0.1, -0.05) is 18.2 Å². The Morgan fingerprint density at radius 3 is 3.11 bits per heavy atom. The van der Waals surface area contributed by atoms with Gasteiger partial charge < -0.3 is 19.6 Å². The monoisotopic (exact) mass is 385 g/mol. The van der Waals surface area contributed by atoms with Gasteiger partial charge in [-0.15, -0.1) is 6.58 Å². The maximum Gasteiger partial charge on any atom is 0.255 e. The number of benzene rings is 1. The van der Waals surface area contributed by atoms with Crippen LogP contribution in [0.25, 0.3) is 0 Å². The van der Waals surface area contributed by atoms with Crippen LogP contribution in [0.1, 0.15) is 22.6 Å². The standard InChI is InChI=1S/C21H27N3O4/c1-3-9-28-14-16(25)12-24-8-7-19-18(13-24)21(26)23-20(22-19)11-15-5-4-6-17(10-15)27-2/h3-6,10,16,25H,1,7-9,11-14H2,2H3,(H,22,23,26)/t16-/m1/s1. The summed E-state index contributed by atoms with van der Waals surface area (Å²) in [7, 11) is 1.63. The van der Waals surface area contributed by atoms with Gasteiger partial charge in [0.2, 0.25) is 0 Å². The van der Waals surface area contributed by atoms with Gasteiger partial charge in [0.1, 0.15) is 11.6 Å². The maximum absolute atomic E-state index is 12.6. The minimum absolute atomic E-state index is 0.106. The lowest BCUT2D eigenvalue weighted by molar-refractivity contribution is 0.0233. The van der Waals surface area contributed by atoms with E-state index in [1.54, 1.807) is 13.2 Å². The lowest BCUT2D eigenvalue weighted by Gasteiger charge is -2.29. The van der Waals surface area contributed by atoms with E-state index in [-0.39, 0.29) is 12.2 Å². The molecule has 0 radical (unpaired) electrons. The summed E-state index contributed by atoms with van der Waals surface area (Å²) in [6, 6.07) is 7.74. The van der Waals surface area contributed by atoms with Gasteiger partial charge in [0.05, 0.1) is 37.7 Å². The van der Waals surface area contributed by atoms with Gasteiger partial charge in [-0.3, -0.25) is 9.69 Å². The average Bonchev–Trinajstić information content (AvgIpc) is 2.69. The molecular weight excluding hydrogens is 358 g/mol. The number of ether oxygens (including phenoxy) is 2. The molecule has 0 bridgehead atoms. The van der Waals surface area contributed by atoms with Crippen molar-refractivity contribution in [1.82, 2.24) is 14.9 Å². The predicted octanol–water partition coefficient (Wildman–Crippen LogP) is 1.29. The number of aromatic amines is 1. The minimum Gasteiger partial charge on any atom is -0.497 e. The summed E-state index contributed by atoms with van der Waals surface area (Å²) in [6.07, 6.45) is 2.28. The smallest absolute Gasteiger partial charge is 0.255 e. The molecule has 1 atom stereocenters. The number of β-amino-alcohol motifs (C(OH)–C–C–N with tert-alkyl or cyclic N) is 1. The number of aliphatic hydroxyl groups excluding tert-OH is 1. The number of methoxy groups -OCH3 is 1. The molecule has 0 aliphatic carbocycles. The number of H-pyrrole nitrogens is 1. The quantitative estimate of drug-likeness (QED) is 0.500. The number of fused-ring (bicyclic) bond motifs is 1. The number of rotatable bonds is 9. The van der Waals surface area contributed by atoms with Gasteiger partial charge in [0, 0.05) is 32.5 Å². The van der Waals surface area contributed by atoms with Crippen molar-refractivity contribution in [2.75, 3.05) is 33.4 Å². The molecule has 1 aromatic carbocycles. The van der Waals surface area contributed by atoms with Crippen LogP contribution in [0, 0.1) is 0 Å². The van der Waals surface area contributed by atoms with Crippen molar-refractivity contribution in [2.45, 2.75) is 25.5 Å². The van der Waals surface area contributed by atoms with Crippen molar-refractivity contribution in [3.63, 3.8) is 0 Å². The van der Waals surface area contributed by atoms with Crippen LogP contribution in [0.15, 0.2) is 41.7 Å². The second kappa shape index (κ2) is 9.64. The molecule has 1 aromatic heterocycles. The SMILES string of the molecule is C=CCOC[C@H](O)CN1CCc2nc(Cc3cccc(OC)c3)[nH]c(=O)c2C1. The van der Waals surface area contributed by atoms with Crippen LogP contribution < -0.4 is 10.3 Å². The molecule has 1 aliphatic heterocycles. The van der Waals surface area contributed by atoms with Crippen LogP contribution in [-0.2, 0) is 24.1 Å². The first kappa shape index (κ1) is 20.3. The Morgan fingerprint density at radius 1 is 1.46 bits per heavy atom. The second-order valence-corrected chi connectivity index (χ2v) is 6.93. The van der Waals surface area contributed by atoms with Crippen LogP contribution >= 0.6 is 0 Å². The zero-order valence-electron chi connectivity index (χ0n) is 16.2. The van der Waals surface area contributed by atoms with Crippen molar-refractivity contribution in [3.05, 3.63) is 69.9 Å². The van der Waals surface area contributed by atoms with E-state index >= 15 is 0 Å². The Hall–Kier alpha value is -2.48. The van der Waals surface area contributed by atoms with Crippen molar-refractivity contribution in [3.8, 4) is 5.75 Å². The number of aromatic nitrogens is 2. The van der Waals surface area contributed by atoms with Crippen LogP contribution in [0.3, 0.4) is 0 Å². The molecule has 0 saturated carbocycles. The van der Waals surface area contributed by atoms with Gasteiger partial charge in [0.15, 0.2) is 0 Å². The summed E-state index contributed by atoms with van der Waals surface area (Å²) in [5.74, 6) is 1.44. The summed E-state index contributed by atoms with van der Waals surface area (Å²) >= 11 is 0. The molecule has 0 saturated heterocycles. The van der Waals surface area contributed by atoms with E-state index in [2.05, 4.69) is 21.4 Å². The predicted molar refractivity (Wildman–Crippen MR) is 107 cm³/mol. The van der Waals surface area contributed by atoms with E-state index in [1.807, 2.05) is 24.3 Å². The van der Waals surface area contributed by atoms with Gasteiger partial charge in [-0.25, -0.2) is 4.98 Å². The van der Waals surface area contributed by atoms with E-state index in [1.165, 1.54) is 0 Å². The Morgan fingerprint density at radius 2 is 2.32 bits per heavy atom. The molecule has 0 unspecified atom stereocenters. The molecule has 0 amide bonds. The molecular formula is C21H27N3O4. The largest absolute Gasteiger partial charge is 0.497 e. The highest BCUT2D eigenvalue weighted by molar-refractivity contribution is 5.31. The third-order valence-electron chi connectivity index (χ3n) is 4.72. The molecule has 2 N–H and O–H groups in total. The zero-order valence-corrected chi connectivity index (χ0v) is 16.2. The summed E-state index contributed by atoms with van der Waals surface area (Å²) < 4.78 is 10.5. The average molecular weight is 385 g/mol. The van der Waals surface area contributed by atoms with Crippen molar-refractivity contribution >= 4 is 0 Å². The van der Waals surface area contributed by atoms with E-state index < -0.39 is 6.10 Å². The number of hydrogen-bond donors (Lipinski definition) is 2. The van der Waals surface area contributed by atoms with E-state index in [4.69, 9.17) is 9.47 Å². The summed E-state index contributed by atoms with van der Waals surface area (Å²) in [6.45, 7) is 5.94. The minimum atomic E-state index is -0.596. The van der Waals surface area contributed by atoms with E-state index in [0.29, 0.717) is 43.9 Å². The fourth-order valence-electron chi connectivity index (χ4n) is 3.39. The molecule has 28 heavy (non-hydrogen) atoms. The van der Waals surface area contributed by atoms with Crippen molar-refractivity contribution < 1.29 is 14.6 Å². The first-order valence-corrected chi connectivity index (χ1v) is 9.42. The molecule has 2 heterocycles. The number of nitrogens with one attached hydrogen (secondary N) is 1. The molecule has 150 valence electrons. The highest BCUT2D eigenvalue weighted by atomic mass is 16.5. The first-order valence-electron chi connectivity index (χ1n) is 9.42. The Kier molecular flexibility index (Phi) is 6.97. The molecule has 2 aromatic rings. The Balaban J connectivity index is 1.66. The van der Waals surface area contributed by atoms with Gasteiger partial charge >= 0.3 is 0 Å². The lowest BCUT2D eigenvalue weighted by Crippen LogP contribution is -2.41. The van der Waals surface area contributed by atoms with Crippen LogP contribution in [-0.4, -0.2) is 59.5 Å². The summed E-state index contributed by atoms with van der Waals surface area (Å²) in [5, 5.41) is 10.1. The van der Waals surface area contributed by atoms with Crippen LogP contribution in [0.4, 0.5) is 0 Å². The highest BCUT2D eigenvalue weighted by Crippen LogP contribution is 2.17. The molecule has 7 heteroatoms. The third-order valence-corrected chi connectivity index (χ3v) is 4.72. The maximum atomic E-state index is 12.6. The fourth-order valence-corrected chi connectivity index (χ4v) is 3.39. The molecule has 3 rings (SSSR count). The van der Waals surface area contributed by atoms with E-state index in [0.717, 1.165) is 23.6 Å². The first-order chi connectivity index (χ1) is 13.6. The van der Waals surface area contributed by atoms with Crippen molar-refractivity contribution in [2.24, 2.45) is 0 Å². The third kappa shape index (κ3) is 5.28. The van der Waals surface area contributed by atoms with Crippen LogP contribution in [0.5, 0.6) is 5.75 Å². The Labute approximate surface area is 164 Å². The zero-order chi connectivity index (χ0) is 19.9. The molecule has 1 aliphatic rings. The number of hydrogen-bond acceptors (Lipinski definition) is 6. The van der Waals surface area contributed by atoms with Gasteiger partial charge in [0.25, 0.3) is 5.56 Å². The van der Waals surface area contributed by atoms with Gasteiger partial charge in [-0.05, 0) is 17.7 Å². The highest BCUT2D eigenvalue weighted by Gasteiger charge is 2.23. The summed E-state index contributed by atoms with van der Waals surface area (Å²) in [5.41, 5.74) is 2.45. The number of nitrogens with zero attached hydrogens (tertiary/aromatic N) is 2. The Bertz CT molecular complexity index is 865. The van der Waals surface area contributed by atoms with Crippen molar-refractivity contribution in [1.29, 1.82) is 0 Å². The van der Waals surface area contributed by atoms with Crippen LogP contribution in [0.2, 0.25) is 0 Å². The molecule has 0 fully saturated rings. The van der Waals surface area contributed by atoms with E-state index in [9.17, 15) is 9.90 Å². The summed E-state index contributed by atoms with van der Waals surface area (Å²) in [4.78, 5) is 22.2. The lowest BCUT2D eigenvalue weighted by atomic mass is 10.1. The topological polar surface area (TPSA) is 87.7 Å². The molecule has 7 nitrogen and oxygen atoms in total. The number of aliphatic hydroxyl groups is 1. The van der Waals surface area contributed by atoms with Gasteiger partial charge in [-0.2, -0.15) is 0 Å². The second-order valence-electron chi connectivity index (χ2n) is 6.93. The molecule has 0 spiro atoms.